The van der Waals surface area contributed by atoms with Crippen LogP contribution in [0.2, 0.25) is 0 Å². The van der Waals surface area contributed by atoms with Gasteiger partial charge in [-0.05, 0) is 148 Å². The molecule has 44 heteroatoms. The van der Waals surface area contributed by atoms with Crippen molar-refractivity contribution in [1.82, 2.24) is 89.7 Å². The molecule has 38 N–H and O–H groups in total. The number of benzene rings is 4. The highest BCUT2D eigenvalue weighted by Gasteiger charge is 2.38. The van der Waals surface area contributed by atoms with Crippen molar-refractivity contribution in [2.24, 2.45) is 40.3 Å². The van der Waals surface area contributed by atoms with Crippen LogP contribution < -0.4 is 114 Å². The number of carboxylic acids is 1. The van der Waals surface area contributed by atoms with E-state index in [2.05, 4.69) is 89.7 Å². The predicted molar refractivity (Wildman–Crippen MR) is 463 cm³/mol. The summed E-state index contributed by atoms with van der Waals surface area (Å²) in [7, 11) is 0. The van der Waals surface area contributed by atoms with Gasteiger partial charge in [0.15, 0.2) is 23.8 Å². The number of aromatic amines is 2. The van der Waals surface area contributed by atoms with Gasteiger partial charge in [0, 0.05) is 79.6 Å². The molecule has 125 heavy (non-hydrogen) atoms. The normalized spacial score (nSPS) is 14.0. The Labute approximate surface area is 720 Å². The van der Waals surface area contributed by atoms with E-state index in [0.29, 0.717) is 40.4 Å². The van der Waals surface area contributed by atoms with Crippen molar-refractivity contribution >= 4 is 117 Å². The molecular weight excluding hydrogens is 1620 g/mol. The molecule has 0 aliphatic carbocycles. The van der Waals surface area contributed by atoms with Gasteiger partial charge in [-0.1, -0.05) is 74.5 Å². The number of guanidine groups is 4. The summed E-state index contributed by atoms with van der Waals surface area (Å²) in [6.07, 6.45) is 2.30. The highest BCUT2D eigenvalue weighted by molar-refractivity contribution is 6.00. The first-order valence-corrected chi connectivity index (χ1v) is 40.8. The van der Waals surface area contributed by atoms with E-state index in [1.54, 1.807) is 50.5 Å². The Bertz CT molecular complexity index is 4660. The summed E-state index contributed by atoms with van der Waals surface area (Å²) in [5.41, 5.74) is 37.8. The van der Waals surface area contributed by atoms with Crippen molar-refractivity contribution < 1.29 is 83.1 Å². The van der Waals surface area contributed by atoms with Gasteiger partial charge in [-0.2, -0.15) is 0 Å². The number of aliphatic hydroxyl groups excluding tert-OH is 2. The SMILES string of the molecule is CC(C)[C@H](NC(=O)[C@H](Cc1ccc(O)cc1)NC(=O)[C@H](CO)NC(=O)[C@H](CCCCN)NC(=O)[C@@H](N)Cc1c[nH]c2ccccc12)C(=O)N[C@@H](CCCNC(=N)N)C(=O)N[C@@H](CCCNC(=N)N)C(=O)N[C@@H](Cc1c[nH]c2ccccc12)C(=O)N[C@@H](CCCNC(=N)N)C(=O)N[C@@H](CO)C(=O)N[C@@H](CCCNC(=N)N)C(=O)N[C@@H](Cc1ccc(O)cc1)C(=O)O. The molecule has 0 saturated carbocycles. The number of nitrogens with two attached hydrogens (primary N) is 6. The number of aromatic nitrogens is 2. The van der Waals surface area contributed by atoms with Gasteiger partial charge >= 0.3 is 5.97 Å². The maximum Gasteiger partial charge on any atom is 0.326 e. The van der Waals surface area contributed by atoms with Gasteiger partial charge in [-0.15, -0.1) is 0 Å². The number of phenols is 2. The van der Waals surface area contributed by atoms with Gasteiger partial charge in [-0.25, -0.2) is 4.79 Å². The van der Waals surface area contributed by atoms with Crippen LogP contribution in [0.25, 0.3) is 21.8 Å². The maximum absolute atomic E-state index is 15.3. The monoisotopic (exact) mass is 1740 g/mol. The lowest BCUT2D eigenvalue weighted by Crippen LogP contribution is -2.62. The van der Waals surface area contributed by atoms with Gasteiger partial charge in [0.2, 0.25) is 65.0 Å². The number of nitrogens with one attached hydrogen (secondary N) is 21. The van der Waals surface area contributed by atoms with Crippen LogP contribution in [0.1, 0.15) is 107 Å². The molecule has 2 aromatic heterocycles. The lowest BCUT2D eigenvalue weighted by atomic mass is 9.99. The summed E-state index contributed by atoms with van der Waals surface area (Å²) in [4.78, 5) is 179. The van der Waals surface area contributed by atoms with E-state index >= 15 is 14.4 Å². The summed E-state index contributed by atoms with van der Waals surface area (Å²) < 4.78 is 0. The van der Waals surface area contributed by atoms with Crippen molar-refractivity contribution in [3.05, 3.63) is 132 Å². The number of aliphatic carboxylic acids is 1. The highest BCUT2D eigenvalue weighted by Crippen LogP contribution is 2.23. The fraction of sp³-hybridized carbons (Fsp3) is 0.457. The van der Waals surface area contributed by atoms with E-state index in [1.165, 1.54) is 48.5 Å². The van der Waals surface area contributed by atoms with E-state index in [0.717, 1.165) is 16.5 Å². The molecule has 0 unspecified atom stereocenters. The number of aliphatic hydroxyl groups is 2. The predicted octanol–water partition coefficient (Wildman–Crippen LogP) is -5.10. The van der Waals surface area contributed by atoms with Crippen molar-refractivity contribution in [3.8, 4) is 11.5 Å². The number of fused-ring (bicyclic) bond motifs is 2. The smallest absolute Gasteiger partial charge is 0.326 e. The van der Waals surface area contributed by atoms with E-state index in [4.69, 9.17) is 56.0 Å². The molecule has 0 aliphatic rings. The second kappa shape index (κ2) is 51.1. The van der Waals surface area contributed by atoms with Crippen molar-refractivity contribution in [1.29, 1.82) is 21.6 Å². The number of para-hydroxylation sites is 2. The van der Waals surface area contributed by atoms with Gasteiger partial charge < -0.3 is 150 Å². The third-order valence-corrected chi connectivity index (χ3v) is 20.1. The highest BCUT2D eigenvalue weighted by atomic mass is 16.4. The van der Waals surface area contributed by atoms with Gasteiger partial charge in [-0.3, -0.25) is 74.4 Å². The minimum Gasteiger partial charge on any atom is -0.508 e. The van der Waals surface area contributed by atoms with Crippen molar-refractivity contribution in [3.63, 3.8) is 0 Å². The molecule has 680 valence electrons. The average Bonchev–Trinajstić information content (AvgIpc) is 1.73. The molecule has 0 fully saturated rings. The molecule has 6 aromatic rings. The molecule has 0 radical (unpaired) electrons. The molecule has 44 nitrogen and oxygen atoms in total. The first kappa shape index (κ1) is 99.9. The number of carbonyl (C=O) groups excluding carboxylic acids is 11. The second-order valence-corrected chi connectivity index (χ2v) is 30.2. The van der Waals surface area contributed by atoms with Crippen LogP contribution in [0.3, 0.4) is 0 Å². The molecule has 4 aromatic carbocycles. The van der Waals surface area contributed by atoms with Gasteiger partial charge in [0.05, 0.1) is 19.3 Å². The molecule has 12 atom stereocenters. The van der Waals surface area contributed by atoms with Crippen LogP contribution in [0.15, 0.2) is 109 Å². The second-order valence-electron chi connectivity index (χ2n) is 30.2. The third-order valence-electron chi connectivity index (χ3n) is 20.1. The largest absolute Gasteiger partial charge is 0.508 e. The van der Waals surface area contributed by atoms with Crippen molar-refractivity contribution in [2.75, 3.05) is 45.9 Å². The maximum atomic E-state index is 15.3. The summed E-state index contributed by atoms with van der Waals surface area (Å²) in [6.45, 7) is 1.07. The number of hydrogen-bond acceptors (Lipinski definition) is 22. The van der Waals surface area contributed by atoms with Crippen LogP contribution in [0.5, 0.6) is 11.5 Å². The Morgan fingerprint density at radius 1 is 0.360 bits per heavy atom. The van der Waals surface area contributed by atoms with Crippen LogP contribution >= 0.6 is 0 Å². The Morgan fingerprint density at radius 3 is 1.02 bits per heavy atom. The number of hydrogen-bond donors (Lipinski definition) is 32. The number of H-pyrrole nitrogens is 2. The van der Waals surface area contributed by atoms with Gasteiger partial charge in [0.1, 0.15) is 78.0 Å². The van der Waals surface area contributed by atoms with E-state index in [1.807, 2.05) is 24.3 Å². The molecule has 0 aliphatic heterocycles. The van der Waals surface area contributed by atoms with Gasteiger partial charge in [0.25, 0.3) is 0 Å². The number of carbonyl (C=O) groups is 12. The lowest BCUT2D eigenvalue weighted by molar-refractivity contribution is -0.142. The summed E-state index contributed by atoms with van der Waals surface area (Å²) >= 11 is 0. The van der Waals surface area contributed by atoms with Crippen molar-refractivity contribution in [2.45, 2.75) is 183 Å². The molecule has 0 bridgehead atoms. The zero-order valence-corrected chi connectivity index (χ0v) is 69.6. The fourth-order valence-electron chi connectivity index (χ4n) is 13.4. The summed E-state index contributed by atoms with van der Waals surface area (Å²) in [5.74, 6) is -15.3. The molecule has 11 amide bonds. The minimum absolute atomic E-state index is 0.00606. The van der Waals surface area contributed by atoms with Crippen LogP contribution in [0, 0.1) is 27.6 Å². The molecule has 6 rings (SSSR count). The first-order valence-electron chi connectivity index (χ1n) is 40.8. The number of unbranched alkanes of at least 4 members (excludes halogenated alkanes) is 1. The summed E-state index contributed by atoms with van der Waals surface area (Å²) in [6, 6.07) is 6.43. The van der Waals surface area contributed by atoms with Crippen LogP contribution in [-0.4, -0.2) is 249 Å². The molecule has 2 heterocycles. The fourth-order valence-corrected chi connectivity index (χ4v) is 13.4. The standard InChI is InChI=1S/C81H119N27O17/c1-43(2)65(108-73(120)60(35-44-22-26-48(111)27-23-44)103-75(122)64(42-110)107-70(117)55(17-7-8-30-82)98-66(113)52(83)37-46-39-96-53-15-5-3-13-50(46)53)76(123)102-59(21-12-34-95-81(90)91)67(114)99-56(18-9-31-92-78(84)85)68(115)104-61(38-47-40-97-54-16-6-4-14-51(47)54)72(119)100-58(20-11-33-94-80(88)89)71(118)106-63(41-109)74(121)101-57(19-10-32-93-79(86)87)69(116)105-62(77(124)125)36-45-24-28-49(112)29-25-45/h3-6,13-16,22-29,39-40,43,52,55-65,96-97,109-112H,7-12,17-21,30-38,41-42,82-83H2,1-2H3,(H,98,113)(H,99,114)(H,100,119)(H,101,121)(H,102,123)(H,103,122)(H,104,115)(H,105,116)(H,106,118)(H,107,117)(H,108,120)(H,124,125)(H4,84,85,92)(H4,86,87,93)(H4,88,89,94)(H4,90,91,95)/t52-,55-,56-,57-,58-,59-,60-,61-,62-,63-,64-,65-/m0/s1. The molecular formula is C81H119N27O17. The Morgan fingerprint density at radius 2 is 0.656 bits per heavy atom. The first-order chi connectivity index (χ1) is 59.6. The lowest BCUT2D eigenvalue weighted by Gasteiger charge is -2.29. The topological polar surface area (TPSA) is 770 Å². The van der Waals surface area contributed by atoms with Crippen LogP contribution in [-0.2, 0) is 83.2 Å². The zero-order valence-electron chi connectivity index (χ0n) is 69.6. The Kier molecular flexibility index (Phi) is 40.9. The Hall–Kier alpha value is -13.9. The molecule has 0 saturated heterocycles. The van der Waals surface area contributed by atoms with E-state index in [-0.39, 0.29) is 128 Å². The number of aromatic hydroxyl groups is 2. The van der Waals surface area contributed by atoms with E-state index in [9.17, 15) is 68.7 Å². The van der Waals surface area contributed by atoms with E-state index < -0.39 is 186 Å². The minimum atomic E-state index is -1.88. The molecule has 0 spiro atoms. The number of phenolic OH excluding ortho intramolecular Hbond substituents is 2. The number of amides is 11. The average molecular weight is 1740 g/mol. The third kappa shape index (κ3) is 33.8. The quantitative estimate of drug-likeness (QED) is 0.00965. The summed E-state index contributed by atoms with van der Waals surface area (Å²) in [5, 5.41) is 123. The zero-order chi connectivity index (χ0) is 91.8. The Balaban J connectivity index is 1.27. The number of carboxylic acid groups (broad SMARTS) is 1. The number of rotatable bonds is 54. The van der Waals surface area contributed by atoms with Crippen LogP contribution in [0.4, 0.5) is 0 Å².